The Labute approximate surface area is 122 Å². The van der Waals surface area contributed by atoms with E-state index in [9.17, 15) is 4.79 Å². The van der Waals surface area contributed by atoms with Crippen molar-refractivity contribution in [2.75, 3.05) is 13.7 Å². The Morgan fingerprint density at radius 2 is 2.14 bits per heavy atom. The number of furan rings is 1. The number of nitrogens with two attached hydrogens (primary N) is 1. The molecule has 6 heteroatoms. The predicted molar refractivity (Wildman–Crippen MR) is 76.9 cm³/mol. The molecule has 6 nitrogen and oxygen atoms in total. The summed E-state index contributed by atoms with van der Waals surface area (Å²) in [6.07, 6.45) is 1.64. The molecule has 0 bridgehead atoms. The quantitative estimate of drug-likeness (QED) is 0.768. The number of hydrogen-bond acceptors (Lipinski definition) is 5. The molecule has 1 amide bonds. The first kappa shape index (κ1) is 14.9. The number of nitrogens with one attached hydrogen (secondary N) is 1. The van der Waals surface area contributed by atoms with Crippen molar-refractivity contribution in [2.45, 2.75) is 13.1 Å². The number of carbonyl (C=O) groups is 1. The molecule has 0 aliphatic heterocycles. The lowest BCUT2D eigenvalue weighted by atomic mass is 10.2. The third-order valence-electron chi connectivity index (χ3n) is 2.81. The lowest BCUT2D eigenvalue weighted by Crippen LogP contribution is -2.20. The molecule has 0 saturated heterocycles. The van der Waals surface area contributed by atoms with Gasteiger partial charge in [-0.15, -0.1) is 0 Å². The molecule has 0 saturated carbocycles. The molecular formula is C15H18N2O4. The van der Waals surface area contributed by atoms with Gasteiger partial charge in [0.05, 0.1) is 19.9 Å². The van der Waals surface area contributed by atoms with Crippen molar-refractivity contribution in [2.24, 2.45) is 5.73 Å². The highest BCUT2D eigenvalue weighted by Gasteiger charge is 2.07. The van der Waals surface area contributed by atoms with Gasteiger partial charge in [-0.25, -0.2) is 0 Å². The van der Waals surface area contributed by atoms with Crippen molar-refractivity contribution in [3.8, 4) is 11.5 Å². The van der Waals surface area contributed by atoms with E-state index in [1.54, 1.807) is 19.4 Å². The highest BCUT2D eigenvalue weighted by molar-refractivity contribution is 5.75. The van der Waals surface area contributed by atoms with Crippen LogP contribution >= 0.6 is 0 Å². The lowest BCUT2D eigenvalue weighted by molar-refractivity contribution is -0.119. The van der Waals surface area contributed by atoms with Crippen molar-refractivity contribution >= 4 is 5.91 Å². The number of hydrogen-bond donors (Lipinski definition) is 2. The van der Waals surface area contributed by atoms with Gasteiger partial charge in [-0.1, -0.05) is 6.07 Å². The third kappa shape index (κ3) is 4.54. The molecule has 0 radical (unpaired) electrons. The van der Waals surface area contributed by atoms with E-state index in [-0.39, 0.29) is 6.61 Å². The fourth-order valence-electron chi connectivity index (χ4n) is 1.83. The van der Waals surface area contributed by atoms with Crippen LogP contribution in [0.2, 0.25) is 0 Å². The van der Waals surface area contributed by atoms with Crippen LogP contribution < -0.4 is 20.5 Å². The normalized spacial score (nSPS) is 10.3. The van der Waals surface area contributed by atoms with Gasteiger partial charge in [0.1, 0.15) is 5.76 Å². The Balaban J connectivity index is 1.92. The molecule has 112 valence electrons. The Hall–Kier alpha value is -2.47. The molecule has 1 heterocycles. The number of amides is 1. The van der Waals surface area contributed by atoms with Gasteiger partial charge in [0.15, 0.2) is 18.1 Å². The first-order chi connectivity index (χ1) is 10.2. The van der Waals surface area contributed by atoms with Gasteiger partial charge >= 0.3 is 0 Å². The summed E-state index contributed by atoms with van der Waals surface area (Å²) in [4.78, 5) is 10.7. The van der Waals surface area contributed by atoms with E-state index in [0.29, 0.717) is 24.6 Å². The zero-order valence-corrected chi connectivity index (χ0v) is 11.8. The number of ether oxygens (including phenoxy) is 2. The molecule has 21 heavy (non-hydrogen) atoms. The minimum Gasteiger partial charge on any atom is -0.493 e. The summed E-state index contributed by atoms with van der Waals surface area (Å²) < 4.78 is 15.8. The Kier molecular flexibility index (Phi) is 5.22. The van der Waals surface area contributed by atoms with Gasteiger partial charge in [0.2, 0.25) is 0 Å². The van der Waals surface area contributed by atoms with Crippen LogP contribution in [0.4, 0.5) is 0 Å². The largest absolute Gasteiger partial charge is 0.493 e. The van der Waals surface area contributed by atoms with Crippen LogP contribution in [0, 0.1) is 0 Å². The highest BCUT2D eigenvalue weighted by atomic mass is 16.5. The number of methoxy groups -OCH3 is 1. The van der Waals surface area contributed by atoms with Crippen molar-refractivity contribution < 1.29 is 18.7 Å². The zero-order valence-electron chi connectivity index (χ0n) is 11.8. The average Bonchev–Trinajstić information content (AvgIpc) is 2.98. The minimum atomic E-state index is -0.527. The maximum atomic E-state index is 10.7. The van der Waals surface area contributed by atoms with Crippen molar-refractivity contribution in [3.05, 3.63) is 47.9 Å². The second-order valence-corrected chi connectivity index (χ2v) is 4.42. The fraction of sp³-hybridized carbons (Fsp3) is 0.267. The Bertz CT molecular complexity index is 581. The Morgan fingerprint density at radius 1 is 1.29 bits per heavy atom. The van der Waals surface area contributed by atoms with E-state index in [1.165, 1.54) is 0 Å². The lowest BCUT2D eigenvalue weighted by Gasteiger charge is -2.11. The van der Waals surface area contributed by atoms with Crippen LogP contribution in [0.15, 0.2) is 41.0 Å². The van der Waals surface area contributed by atoms with E-state index in [4.69, 9.17) is 19.6 Å². The standard InChI is InChI=1S/C15H18N2O4/c1-19-14-7-11(4-5-13(14)21-10-15(16)18)8-17-9-12-3-2-6-20-12/h2-7,17H,8-10H2,1H3,(H2,16,18). The summed E-state index contributed by atoms with van der Waals surface area (Å²) in [5.74, 6) is 1.41. The van der Waals surface area contributed by atoms with Crippen LogP contribution in [-0.2, 0) is 17.9 Å². The summed E-state index contributed by atoms with van der Waals surface area (Å²) in [6, 6.07) is 9.27. The molecule has 1 aromatic heterocycles. The van der Waals surface area contributed by atoms with Gasteiger partial charge in [-0.3, -0.25) is 4.79 Å². The fourth-order valence-corrected chi connectivity index (χ4v) is 1.83. The molecule has 0 atom stereocenters. The third-order valence-corrected chi connectivity index (χ3v) is 2.81. The molecule has 0 spiro atoms. The van der Waals surface area contributed by atoms with Crippen molar-refractivity contribution in [1.82, 2.24) is 5.32 Å². The van der Waals surface area contributed by atoms with E-state index >= 15 is 0 Å². The van der Waals surface area contributed by atoms with E-state index < -0.39 is 5.91 Å². The minimum absolute atomic E-state index is 0.174. The van der Waals surface area contributed by atoms with E-state index in [1.807, 2.05) is 24.3 Å². The SMILES string of the molecule is COc1cc(CNCc2ccco2)ccc1OCC(N)=O. The second-order valence-electron chi connectivity index (χ2n) is 4.42. The predicted octanol–water partition coefficient (Wildman–Crippen LogP) is 1.44. The Morgan fingerprint density at radius 3 is 2.81 bits per heavy atom. The maximum absolute atomic E-state index is 10.7. The smallest absolute Gasteiger partial charge is 0.255 e. The molecule has 1 aromatic carbocycles. The van der Waals surface area contributed by atoms with E-state index in [2.05, 4.69) is 5.32 Å². The maximum Gasteiger partial charge on any atom is 0.255 e. The van der Waals surface area contributed by atoms with Crippen LogP contribution in [0.1, 0.15) is 11.3 Å². The number of benzene rings is 1. The first-order valence-electron chi connectivity index (χ1n) is 6.50. The molecular weight excluding hydrogens is 272 g/mol. The summed E-state index contributed by atoms with van der Waals surface area (Å²) in [5, 5.41) is 3.26. The number of carbonyl (C=O) groups excluding carboxylic acids is 1. The molecule has 2 rings (SSSR count). The number of primary amides is 1. The van der Waals surface area contributed by atoms with Gasteiger partial charge < -0.3 is 24.9 Å². The summed E-state index contributed by atoms with van der Waals surface area (Å²) in [7, 11) is 1.55. The molecule has 0 aliphatic rings. The molecule has 0 unspecified atom stereocenters. The summed E-state index contributed by atoms with van der Waals surface area (Å²) in [5.41, 5.74) is 6.08. The van der Waals surface area contributed by atoms with Crippen LogP contribution in [-0.4, -0.2) is 19.6 Å². The van der Waals surface area contributed by atoms with Crippen LogP contribution in [0.25, 0.3) is 0 Å². The van der Waals surface area contributed by atoms with Gasteiger partial charge in [-0.05, 0) is 29.8 Å². The summed E-state index contributed by atoms with van der Waals surface area (Å²) >= 11 is 0. The van der Waals surface area contributed by atoms with Gasteiger partial charge in [0.25, 0.3) is 5.91 Å². The van der Waals surface area contributed by atoms with Crippen molar-refractivity contribution in [3.63, 3.8) is 0 Å². The first-order valence-corrected chi connectivity index (χ1v) is 6.50. The zero-order chi connectivity index (χ0) is 15.1. The highest BCUT2D eigenvalue weighted by Crippen LogP contribution is 2.28. The van der Waals surface area contributed by atoms with Crippen molar-refractivity contribution in [1.29, 1.82) is 0 Å². The molecule has 0 aliphatic carbocycles. The molecule has 0 fully saturated rings. The van der Waals surface area contributed by atoms with Gasteiger partial charge in [-0.2, -0.15) is 0 Å². The van der Waals surface area contributed by atoms with E-state index in [0.717, 1.165) is 11.3 Å². The van der Waals surface area contributed by atoms with Gasteiger partial charge in [0, 0.05) is 6.54 Å². The van der Waals surface area contributed by atoms with Crippen LogP contribution in [0.3, 0.4) is 0 Å². The topological polar surface area (TPSA) is 86.7 Å². The van der Waals surface area contributed by atoms with Crippen LogP contribution in [0.5, 0.6) is 11.5 Å². The molecule has 2 aromatic rings. The summed E-state index contributed by atoms with van der Waals surface area (Å²) in [6.45, 7) is 1.13. The number of rotatable bonds is 8. The molecule has 3 N–H and O–H groups in total. The monoisotopic (exact) mass is 290 g/mol. The second kappa shape index (κ2) is 7.35. The average molecular weight is 290 g/mol.